The van der Waals surface area contributed by atoms with E-state index >= 15 is 0 Å². The Bertz CT molecular complexity index is 698. The maximum absolute atomic E-state index is 12.4. The smallest absolute Gasteiger partial charge is 0.405 e. The zero-order chi connectivity index (χ0) is 17.0. The molecule has 0 heterocycles. The molecule has 0 unspecified atom stereocenters. The molecule has 0 saturated heterocycles. The third kappa shape index (κ3) is 4.74. The first-order valence-corrected chi connectivity index (χ1v) is 6.92. The molecule has 2 rings (SSSR count). The van der Waals surface area contributed by atoms with Crippen LogP contribution in [-0.2, 0) is 6.54 Å². The summed E-state index contributed by atoms with van der Waals surface area (Å²) in [6.45, 7) is 1.88. The fourth-order valence-corrected chi connectivity index (χ4v) is 2.18. The van der Waals surface area contributed by atoms with E-state index in [9.17, 15) is 18.0 Å². The Morgan fingerprint density at radius 1 is 1.13 bits per heavy atom. The molecule has 0 aromatic heterocycles. The van der Waals surface area contributed by atoms with Crippen molar-refractivity contribution in [3.63, 3.8) is 0 Å². The van der Waals surface area contributed by atoms with Crippen molar-refractivity contribution in [3.05, 3.63) is 65.2 Å². The summed E-state index contributed by atoms with van der Waals surface area (Å²) >= 11 is 0. The van der Waals surface area contributed by atoms with Crippen LogP contribution in [0.5, 0.6) is 5.75 Å². The summed E-state index contributed by atoms with van der Waals surface area (Å²) in [5, 5.41) is 0. The average molecular weight is 323 g/mol. The number of carbonyl (C=O) groups excluding carboxylic acids is 1. The molecule has 0 aliphatic carbocycles. The Morgan fingerprint density at radius 2 is 1.83 bits per heavy atom. The SMILES string of the molecule is Cc1cccc(C(=O)N(C)Cc2ccccc2OC(F)(F)F)c1. The van der Waals surface area contributed by atoms with Gasteiger partial charge in [0.15, 0.2) is 0 Å². The molecule has 0 atom stereocenters. The van der Waals surface area contributed by atoms with Gasteiger partial charge >= 0.3 is 6.36 Å². The lowest BCUT2D eigenvalue weighted by atomic mass is 10.1. The number of carbonyl (C=O) groups is 1. The van der Waals surface area contributed by atoms with E-state index in [0.717, 1.165) is 5.56 Å². The van der Waals surface area contributed by atoms with E-state index < -0.39 is 6.36 Å². The molecule has 0 saturated carbocycles. The van der Waals surface area contributed by atoms with Gasteiger partial charge in [-0.1, -0.05) is 35.9 Å². The molecule has 0 bridgehead atoms. The molecule has 0 fully saturated rings. The summed E-state index contributed by atoms with van der Waals surface area (Å²) in [6.07, 6.45) is -4.77. The Kier molecular flexibility index (Phi) is 4.93. The van der Waals surface area contributed by atoms with Gasteiger partial charge in [-0.3, -0.25) is 4.79 Å². The summed E-state index contributed by atoms with van der Waals surface area (Å²) in [7, 11) is 1.54. The van der Waals surface area contributed by atoms with Gasteiger partial charge in [0.1, 0.15) is 5.75 Å². The number of hydrogen-bond acceptors (Lipinski definition) is 2. The van der Waals surface area contributed by atoms with Gasteiger partial charge in [-0.05, 0) is 25.1 Å². The summed E-state index contributed by atoms with van der Waals surface area (Å²) in [5.74, 6) is -0.570. The fraction of sp³-hybridized carbons (Fsp3) is 0.235. The number of hydrogen-bond donors (Lipinski definition) is 0. The Balaban J connectivity index is 2.17. The van der Waals surface area contributed by atoms with Crippen LogP contribution in [0.25, 0.3) is 0 Å². The van der Waals surface area contributed by atoms with Gasteiger partial charge in [0.05, 0.1) is 0 Å². The van der Waals surface area contributed by atoms with Gasteiger partial charge in [0.25, 0.3) is 5.91 Å². The van der Waals surface area contributed by atoms with Crippen molar-refractivity contribution < 1.29 is 22.7 Å². The van der Waals surface area contributed by atoms with Gasteiger partial charge in [-0.25, -0.2) is 0 Å². The number of ether oxygens (including phenoxy) is 1. The van der Waals surface area contributed by atoms with Crippen LogP contribution in [0.1, 0.15) is 21.5 Å². The third-order valence-corrected chi connectivity index (χ3v) is 3.22. The Morgan fingerprint density at radius 3 is 2.48 bits per heavy atom. The number of rotatable bonds is 4. The maximum Gasteiger partial charge on any atom is 0.573 e. The zero-order valence-corrected chi connectivity index (χ0v) is 12.7. The van der Waals surface area contributed by atoms with Crippen molar-refractivity contribution in [1.29, 1.82) is 0 Å². The molecule has 6 heteroatoms. The number of para-hydroxylation sites is 1. The minimum absolute atomic E-state index is 0.0129. The van der Waals surface area contributed by atoms with E-state index in [-0.39, 0.29) is 23.8 Å². The molecule has 0 spiro atoms. The molecule has 0 aliphatic rings. The molecule has 2 aromatic carbocycles. The van der Waals surface area contributed by atoms with Crippen molar-refractivity contribution in [2.24, 2.45) is 0 Å². The monoisotopic (exact) mass is 323 g/mol. The summed E-state index contributed by atoms with van der Waals surface area (Å²) in [6, 6.07) is 12.8. The topological polar surface area (TPSA) is 29.5 Å². The predicted octanol–water partition coefficient (Wildman–Crippen LogP) is 4.17. The van der Waals surface area contributed by atoms with Crippen molar-refractivity contribution in [3.8, 4) is 5.75 Å². The number of halogens is 3. The molecule has 122 valence electrons. The number of alkyl halides is 3. The third-order valence-electron chi connectivity index (χ3n) is 3.22. The minimum atomic E-state index is -4.77. The average Bonchev–Trinajstić information content (AvgIpc) is 2.47. The van der Waals surface area contributed by atoms with E-state index in [1.165, 1.54) is 30.1 Å². The minimum Gasteiger partial charge on any atom is -0.405 e. The van der Waals surface area contributed by atoms with Crippen LogP contribution in [0.3, 0.4) is 0 Å². The second-order valence-electron chi connectivity index (χ2n) is 5.19. The van der Waals surface area contributed by atoms with Crippen molar-refractivity contribution in [2.45, 2.75) is 19.8 Å². The first kappa shape index (κ1) is 16.9. The lowest BCUT2D eigenvalue weighted by Crippen LogP contribution is -2.27. The number of benzene rings is 2. The van der Waals surface area contributed by atoms with E-state index in [2.05, 4.69) is 4.74 Å². The van der Waals surface area contributed by atoms with Crippen LogP contribution in [-0.4, -0.2) is 24.2 Å². The highest BCUT2D eigenvalue weighted by Gasteiger charge is 2.32. The molecule has 0 aliphatic heterocycles. The van der Waals surface area contributed by atoms with Gasteiger partial charge in [-0.2, -0.15) is 0 Å². The van der Waals surface area contributed by atoms with E-state index in [1.54, 1.807) is 24.3 Å². The van der Waals surface area contributed by atoms with Crippen LogP contribution in [0.15, 0.2) is 48.5 Å². The van der Waals surface area contributed by atoms with Crippen molar-refractivity contribution >= 4 is 5.91 Å². The lowest BCUT2D eigenvalue weighted by Gasteiger charge is -2.20. The second kappa shape index (κ2) is 6.73. The van der Waals surface area contributed by atoms with Crippen LogP contribution in [0, 0.1) is 6.92 Å². The lowest BCUT2D eigenvalue weighted by molar-refractivity contribution is -0.274. The number of aryl methyl sites for hydroxylation is 1. The van der Waals surface area contributed by atoms with Crippen LogP contribution in [0.2, 0.25) is 0 Å². The van der Waals surface area contributed by atoms with Crippen LogP contribution < -0.4 is 4.74 Å². The normalized spacial score (nSPS) is 11.2. The fourth-order valence-electron chi connectivity index (χ4n) is 2.18. The summed E-state index contributed by atoms with van der Waals surface area (Å²) in [4.78, 5) is 13.7. The van der Waals surface area contributed by atoms with Gasteiger partial charge in [-0.15, -0.1) is 13.2 Å². The van der Waals surface area contributed by atoms with E-state index in [1.807, 2.05) is 13.0 Å². The first-order chi connectivity index (χ1) is 10.8. The van der Waals surface area contributed by atoms with Crippen molar-refractivity contribution in [1.82, 2.24) is 4.90 Å². The zero-order valence-electron chi connectivity index (χ0n) is 12.7. The molecular formula is C17H16F3NO2. The van der Waals surface area contributed by atoms with Crippen LogP contribution >= 0.6 is 0 Å². The summed E-state index contributed by atoms with van der Waals surface area (Å²) < 4.78 is 41.3. The predicted molar refractivity (Wildman–Crippen MR) is 80.1 cm³/mol. The highest BCUT2D eigenvalue weighted by Crippen LogP contribution is 2.27. The molecular weight excluding hydrogens is 307 g/mol. The number of amides is 1. The highest BCUT2D eigenvalue weighted by molar-refractivity contribution is 5.94. The Labute approximate surface area is 132 Å². The van der Waals surface area contributed by atoms with E-state index in [0.29, 0.717) is 5.56 Å². The molecule has 0 N–H and O–H groups in total. The standard InChI is InChI=1S/C17H16F3NO2/c1-12-6-5-8-13(10-12)16(22)21(2)11-14-7-3-4-9-15(14)23-17(18,19)20/h3-10H,11H2,1-2H3. The largest absolute Gasteiger partial charge is 0.573 e. The molecule has 3 nitrogen and oxygen atoms in total. The maximum atomic E-state index is 12.4. The summed E-state index contributed by atoms with van der Waals surface area (Å²) in [5.41, 5.74) is 1.71. The van der Waals surface area contributed by atoms with Gasteiger partial charge in [0.2, 0.25) is 0 Å². The molecule has 23 heavy (non-hydrogen) atoms. The Hall–Kier alpha value is -2.50. The van der Waals surface area contributed by atoms with Gasteiger partial charge in [0, 0.05) is 24.7 Å². The number of nitrogens with zero attached hydrogens (tertiary/aromatic N) is 1. The molecule has 0 radical (unpaired) electrons. The van der Waals surface area contributed by atoms with Crippen LogP contribution in [0.4, 0.5) is 13.2 Å². The van der Waals surface area contributed by atoms with Gasteiger partial charge < -0.3 is 9.64 Å². The van der Waals surface area contributed by atoms with Crippen molar-refractivity contribution in [2.75, 3.05) is 7.05 Å². The quantitative estimate of drug-likeness (QED) is 0.845. The highest BCUT2D eigenvalue weighted by atomic mass is 19.4. The molecule has 1 amide bonds. The second-order valence-corrected chi connectivity index (χ2v) is 5.19. The first-order valence-electron chi connectivity index (χ1n) is 6.92. The van der Waals surface area contributed by atoms with E-state index in [4.69, 9.17) is 0 Å². The molecule has 2 aromatic rings.